The molecule has 0 radical (unpaired) electrons. The first-order chi connectivity index (χ1) is 14.5. The number of nitrogens with one attached hydrogen (secondary N) is 3. The van der Waals surface area contributed by atoms with Gasteiger partial charge in [0.1, 0.15) is 5.69 Å². The van der Waals surface area contributed by atoms with Crippen LogP contribution in [-0.4, -0.2) is 42.8 Å². The fourth-order valence-electron chi connectivity index (χ4n) is 3.32. The lowest BCUT2D eigenvalue weighted by molar-refractivity contribution is 0.0519. The van der Waals surface area contributed by atoms with Crippen LogP contribution in [0.1, 0.15) is 39.8 Å². The number of hydrogen-bond acceptors (Lipinski definition) is 7. The van der Waals surface area contributed by atoms with Crippen molar-refractivity contribution in [3.8, 4) is 11.1 Å². The van der Waals surface area contributed by atoms with Gasteiger partial charge in [0.05, 0.1) is 37.4 Å². The highest BCUT2D eigenvalue weighted by atomic mass is 79.9. The molecule has 6 N–H and O–H groups in total. The van der Waals surface area contributed by atoms with Crippen molar-refractivity contribution in [3.63, 3.8) is 0 Å². The number of aromatic nitrogens is 3. The zero-order valence-electron chi connectivity index (χ0n) is 16.3. The molecule has 3 aromatic rings. The summed E-state index contributed by atoms with van der Waals surface area (Å²) < 4.78 is 5.62. The van der Waals surface area contributed by atoms with Crippen molar-refractivity contribution in [1.82, 2.24) is 15.0 Å². The van der Waals surface area contributed by atoms with Gasteiger partial charge in [0.15, 0.2) is 5.95 Å². The molecule has 0 saturated carbocycles. The van der Waals surface area contributed by atoms with Gasteiger partial charge in [0, 0.05) is 23.7 Å². The van der Waals surface area contributed by atoms with Gasteiger partial charge in [0.25, 0.3) is 0 Å². The van der Waals surface area contributed by atoms with Crippen molar-refractivity contribution >= 4 is 27.8 Å². The van der Waals surface area contributed by atoms with Crippen molar-refractivity contribution in [2.75, 3.05) is 11.9 Å². The van der Waals surface area contributed by atoms with Crippen molar-refractivity contribution in [2.45, 2.75) is 33.3 Å². The fraction of sp³-hybridized carbons (Fsp3) is 0.300. The van der Waals surface area contributed by atoms with Crippen LogP contribution < -0.4 is 5.32 Å². The fourth-order valence-corrected chi connectivity index (χ4v) is 4.03. The molecular weight excluding hydrogens is 456 g/mol. The maximum absolute atomic E-state index is 12.4. The molecule has 2 heterocycles. The smallest absolute Gasteiger partial charge is 0.355 e. The number of benzene rings is 1. The number of esters is 1. The number of aromatic amines is 2. The molecule has 0 aliphatic heterocycles. The molecule has 10 heteroatoms. The Morgan fingerprint density at radius 1 is 1.20 bits per heavy atom. The second kappa shape index (κ2) is 9.90. The monoisotopic (exact) mass is 478 g/mol. The van der Waals surface area contributed by atoms with Gasteiger partial charge >= 0.3 is 5.97 Å². The van der Waals surface area contributed by atoms with E-state index in [2.05, 4.69) is 36.2 Å². The Morgan fingerprint density at radius 3 is 2.57 bits per heavy atom. The number of imidazole rings is 1. The van der Waals surface area contributed by atoms with Crippen LogP contribution in [0.3, 0.4) is 0 Å². The molecule has 9 nitrogen and oxygen atoms in total. The lowest BCUT2D eigenvalue weighted by Gasteiger charge is -2.16. The van der Waals surface area contributed by atoms with E-state index in [1.54, 1.807) is 31.5 Å². The lowest BCUT2D eigenvalue weighted by Crippen LogP contribution is -2.07. The number of rotatable bonds is 9. The van der Waals surface area contributed by atoms with Crippen LogP contribution >= 0.6 is 15.9 Å². The summed E-state index contributed by atoms with van der Waals surface area (Å²) in [6.07, 6.45) is 3.30. The minimum atomic E-state index is -0.519. The average Bonchev–Trinajstić information content (AvgIpc) is 3.38. The molecule has 0 aliphatic rings. The van der Waals surface area contributed by atoms with Crippen molar-refractivity contribution in [1.29, 1.82) is 0 Å². The summed E-state index contributed by atoms with van der Waals surface area (Å²) in [5.74, 6) is 0.0354. The highest BCUT2D eigenvalue weighted by molar-refractivity contribution is 9.10. The highest BCUT2D eigenvalue weighted by Crippen LogP contribution is 2.39. The van der Waals surface area contributed by atoms with E-state index in [4.69, 9.17) is 4.74 Å². The summed E-state index contributed by atoms with van der Waals surface area (Å²) in [5, 5.41) is 32.6. The Labute approximate surface area is 181 Å². The van der Waals surface area contributed by atoms with Gasteiger partial charge in [0.2, 0.25) is 0 Å². The molecule has 2 aromatic heterocycles. The van der Waals surface area contributed by atoms with E-state index in [9.17, 15) is 20.1 Å². The SMILES string of the molecule is CCOC(=O)c1[nH]c(CNc2ncc[nH]2)c(-c2ccc(CO)c(CO)c2CO)c1Br. The number of anilines is 1. The predicted molar refractivity (Wildman–Crippen MR) is 114 cm³/mol. The minimum Gasteiger partial charge on any atom is -0.461 e. The van der Waals surface area contributed by atoms with Gasteiger partial charge in [-0.1, -0.05) is 12.1 Å². The molecule has 30 heavy (non-hydrogen) atoms. The van der Waals surface area contributed by atoms with Gasteiger partial charge in [-0.3, -0.25) is 0 Å². The molecular formula is C20H23BrN4O5. The molecule has 0 spiro atoms. The molecule has 1 aromatic carbocycles. The predicted octanol–water partition coefficient (Wildman–Crippen LogP) is 2.43. The number of H-pyrrole nitrogens is 2. The van der Waals surface area contributed by atoms with Gasteiger partial charge in [-0.15, -0.1) is 0 Å². The Hall–Kier alpha value is -2.66. The maximum atomic E-state index is 12.4. The molecule has 0 saturated heterocycles. The van der Waals surface area contributed by atoms with Crippen molar-refractivity contribution < 1.29 is 24.9 Å². The number of ether oxygens (including phenoxy) is 1. The van der Waals surface area contributed by atoms with E-state index in [-0.39, 0.29) is 32.1 Å². The topological polar surface area (TPSA) is 143 Å². The third kappa shape index (κ3) is 4.26. The Bertz CT molecular complexity index is 1020. The number of hydrogen-bond donors (Lipinski definition) is 6. The van der Waals surface area contributed by atoms with Crippen LogP contribution in [0.2, 0.25) is 0 Å². The molecule has 3 rings (SSSR count). The Balaban J connectivity index is 2.15. The molecule has 160 valence electrons. The normalized spacial score (nSPS) is 11.0. The van der Waals surface area contributed by atoms with Crippen molar-refractivity contribution in [2.24, 2.45) is 0 Å². The number of aliphatic hydroxyl groups is 3. The molecule has 0 amide bonds. The largest absolute Gasteiger partial charge is 0.461 e. The summed E-state index contributed by atoms with van der Waals surface area (Å²) >= 11 is 3.50. The number of carbonyl (C=O) groups is 1. The summed E-state index contributed by atoms with van der Waals surface area (Å²) in [6, 6.07) is 3.43. The second-order valence-electron chi connectivity index (χ2n) is 6.38. The Kier molecular flexibility index (Phi) is 7.27. The van der Waals surface area contributed by atoms with Crippen LogP contribution in [-0.2, 0) is 31.1 Å². The minimum absolute atomic E-state index is 0.224. The van der Waals surface area contributed by atoms with Crippen molar-refractivity contribution in [3.05, 3.63) is 57.1 Å². The third-order valence-corrected chi connectivity index (χ3v) is 5.50. The van der Waals surface area contributed by atoms with E-state index < -0.39 is 5.97 Å². The van der Waals surface area contributed by atoms with Crippen LogP contribution in [0.25, 0.3) is 11.1 Å². The van der Waals surface area contributed by atoms with Gasteiger partial charge in [-0.25, -0.2) is 9.78 Å². The molecule has 0 unspecified atom stereocenters. The molecule has 0 aliphatic carbocycles. The summed E-state index contributed by atoms with van der Waals surface area (Å²) in [7, 11) is 0. The van der Waals surface area contributed by atoms with Crippen LogP contribution in [0.4, 0.5) is 5.95 Å². The standard InChI is InChI=1S/C20H23BrN4O5/c1-2-30-19(29)18-17(21)16(15(25-18)7-24-20-22-5-6-23-20)12-4-3-11(8-26)13(9-27)14(12)10-28/h3-6,25-28H,2,7-10H2,1H3,(H2,22,23,24). The number of halogens is 1. The quantitative estimate of drug-likeness (QED) is 0.259. The molecule has 0 atom stereocenters. The van der Waals surface area contributed by atoms with E-state index in [1.165, 1.54) is 0 Å². The lowest BCUT2D eigenvalue weighted by atomic mass is 9.92. The van der Waals surface area contributed by atoms with Gasteiger partial charge in [-0.2, -0.15) is 0 Å². The van der Waals surface area contributed by atoms with Crippen LogP contribution in [0, 0.1) is 0 Å². The second-order valence-corrected chi connectivity index (χ2v) is 7.18. The summed E-state index contributed by atoms with van der Waals surface area (Å²) in [5.41, 5.74) is 3.60. The van der Waals surface area contributed by atoms with E-state index in [0.29, 0.717) is 50.5 Å². The zero-order chi connectivity index (χ0) is 21.7. The Morgan fingerprint density at radius 2 is 1.97 bits per heavy atom. The van der Waals surface area contributed by atoms with Crippen LogP contribution in [0.5, 0.6) is 0 Å². The van der Waals surface area contributed by atoms with E-state index >= 15 is 0 Å². The third-order valence-electron chi connectivity index (χ3n) is 4.71. The first kappa shape index (κ1) is 22.0. The number of aliphatic hydroxyl groups excluding tert-OH is 3. The first-order valence-electron chi connectivity index (χ1n) is 9.32. The highest BCUT2D eigenvalue weighted by Gasteiger charge is 2.25. The average molecular weight is 479 g/mol. The number of nitrogens with zero attached hydrogens (tertiary/aromatic N) is 1. The van der Waals surface area contributed by atoms with Gasteiger partial charge in [-0.05, 0) is 45.1 Å². The number of carbonyl (C=O) groups excluding carboxylic acids is 1. The maximum Gasteiger partial charge on any atom is 0.355 e. The summed E-state index contributed by atoms with van der Waals surface area (Å²) in [6.45, 7) is 1.28. The zero-order valence-corrected chi connectivity index (χ0v) is 17.9. The summed E-state index contributed by atoms with van der Waals surface area (Å²) in [4.78, 5) is 22.6. The van der Waals surface area contributed by atoms with E-state index in [0.717, 1.165) is 0 Å². The molecule has 0 bridgehead atoms. The van der Waals surface area contributed by atoms with E-state index in [1.807, 2.05) is 0 Å². The van der Waals surface area contributed by atoms with Gasteiger partial charge < -0.3 is 35.3 Å². The van der Waals surface area contributed by atoms with Crippen LogP contribution in [0.15, 0.2) is 29.0 Å². The first-order valence-corrected chi connectivity index (χ1v) is 10.1. The molecule has 0 fully saturated rings.